The third-order valence-corrected chi connectivity index (χ3v) is 2.34. The van der Waals surface area contributed by atoms with Gasteiger partial charge in [0.15, 0.2) is 0 Å². The topological polar surface area (TPSA) is 29.1 Å². The van der Waals surface area contributed by atoms with Crippen molar-refractivity contribution in [2.45, 2.75) is 27.7 Å². The summed E-state index contributed by atoms with van der Waals surface area (Å²) in [5.41, 5.74) is 0. The Labute approximate surface area is 81.1 Å². The molecule has 0 aliphatic rings. The number of carbonyl (C=O) groups is 1. The van der Waals surface area contributed by atoms with Gasteiger partial charge in [-0.2, -0.15) is 0 Å². The van der Waals surface area contributed by atoms with Crippen LogP contribution in [0.5, 0.6) is 0 Å². The highest BCUT2D eigenvalue weighted by Crippen LogP contribution is 2.19. The van der Waals surface area contributed by atoms with Gasteiger partial charge < -0.3 is 5.32 Å². The molecule has 0 bridgehead atoms. The van der Waals surface area contributed by atoms with E-state index in [0.717, 1.165) is 0 Å². The fraction of sp³-hybridized carbons (Fsp3) is 0.727. The maximum absolute atomic E-state index is 10.8. The molecule has 0 spiro atoms. The van der Waals surface area contributed by atoms with Crippen molar-refractivity contribution in [2.24, 2.45) is 17.8 Å². The van der Waals surface area contributed by atoms with Crippen LogP contribution < -0.4 is 5.32 Å². The number of nitrogens with one attached hydrogen (secondary N) is 1. The zero-order valence-corrected chi connectivity index (χ0v) is 8.92. The number of carbonyl (C=O) groups excluding carboxylic acids is 1. The summed E-state index contributed by atoms with van der Waals surface area (Å²) in [6, 6.07) is 0. The lowest BCUT2D eigenvalue weighted by Gasteiger charge is -2.24. The molecule has 0 saturated heterocycles. The normalized spacial score (nSPS) is 10.6. The van der Waals surface area contributed by atoms with E-state index < -0.39 is 0 Å². The molecule has 0 fully saturated rings. The Morgan fingerprint density at radius 3 is 2.08 bits per heavy atom. The van der Waals surface area contributed by atoms with E-state index in [2.05, 4.69) is 33.0 Å². The molecule has 0 atom stereocenters. The number of hydrogen-bond donors (Lipinski definition) is 1. The molecular formula is C11H19NO. The molecule has 0 aromatic heterocycles. The first kappa shape index (κ1) is 12.0. The van der Waals surface area contributed by atoms with Crippen LogP contribution in [0.25, 0.3) is 0 Å². The highest BCUT2D eigenvalue weighted by atomic mass is 16.1. The smallest absolute Gasteiger partial charge is 0.295 e. The van der Waals surface area contributed by atoms with Gasteiger partial charge in [0.2, 0.25) is 0 Å². The minimum atomic E-state index is -0.314. The summed E-state index contributed by atoms with van der Waals surface area (Å²) in [5, 5.41) is 2.72. The van der Waals surface area contributed by atoms with E-state index in [-0.39, 0.29) is 5.91 Å². The van der Waals surface area contributed by atoms with Crippen LogP contribution in [-0.4, -0.2) is 12.5 Å². The van der Waals surface area contributed by atoms with Crippen molar-refractivity contribution in [1.82, 2.24) is 5.32 Å². The Hall–Kier alpha value is -0.970. The first-order chi connectivity index (χ1) is 5.99. The Morgan fingerprint density at radius 1 is 1.31 bits per heavy atom. The largest absolute Gasteiger partial charge is 0.345 e. The molecule has 1 amide bonds. The molecule has 0 aliphatic carbocycles. The Morgan fingerprint density at radius 2 is 1.77 bits per heavy atom. The van der Waals surface area contributed by atoms with Crippen molar-refractivity contribution >= 4 is 5.91 Å². The van der Waals surface area contributed by atoms with E-state index in [9.17, 15) is 4.79 Å². The maximum Gasteiger partial charge on any atom is 0.295 e. The lowest BCUT2D eigenvalue weighted by Crippen LogP contribution is -2.33. The van der Waals surface area contributed by atoms with Crippen LogP contribution in [0.1, 0.15) is 27.7 Å². The van der Waals surface area contributed by atoms with Crippen LogP contribution >= 0.6 is 0 Å². The lowest BCUT2D eigenvalue weighted by atomic mass is 9.85. The standard InChI is InChI=1S/C11H19NO/c1-6-11(13)12-7-10(8(2)3)9(4)5/h1,8-10H,7H2,2-5H3,(H,12,13). The van der Waals surface area contributed by atoms with E-state index in [0.29, 0.717) is 24.3 Å². The Bertz CT molecular complexity index is 193. The van der Waals surface area contributed by atoms with E-state index in [1.54, 1.807) is 0 Å². The molecular weight excluding hydrogens is 162 g/mol. The third-order valence-electron chi connectivity index (χ3n) is 2.34. The molecule has 0 radical (unpaired) electrons. The Kier molecular flexibility index (Phi) is 5.22. The van der Waals surface area contributed by atoms with Crippen LogP contribution in [0.4, 0.5) is 0 Å². The zero-order chi connectivity index (χ0) is 10.4. The fourth-order valence-electron chi connectivity index (χ4n) is 1.50. The summed E-state index contributed by atoms with van der Waals surface area (Å²) in [7, 11) is 0. The predicted molar refractivity (Wildman–Crippen MR) is 55.0 cm³/mol. The molecule has 0 saturated carbocycles. The molecule has 0 unspecified atom stereocenters. The Balaban J connectivity index is 3.99. The van der Waals surface area contributed by atoms with Gasteiger partial charge in [0.1, 0.15) is 0 Å². The van der Waals surface area contributed by atoms with E-state index in [1.807, 2.05) is 5.92 Å². The molecule has 0 aromatic carbocycles. The second-order valence-corrected chi connectivity index (χ2v) is 4.01. The van der Waals surface area contributed by atoms with Crippen molar-refractivity contribution < 1.29 is 4.79 Å². The van der Waals surface area contributed by atoms with Gasteiger partial charge in [-0.3, -0.25) is 4.79 Å². The predicted octanol–water partition coefficient (Wildman–Crippen LogP) is 1.66. The lowest BCUT2D eigenvalue weighted by molar-refractivity contribution is -0.116. The summed E-state index contributed by atoms with van der Waals surface area (Å²) in [4.78, 5) is 10.8. The summed E-state index contributed by atoms with van der Waals surface area (Å²) >= 11 is 0. The molecule has 0 aliphatic heterocycles. The second kappa shape index (κ2) is 5.64. The van der Waals surface area contributed by atoms with Crippen LogP contribution in [0.3, 0.4) is 0 Å². The molecule has 0 aromatic rings. The van der Waals surface area contributed by atoms with Crippen molar-refractivity contribution in [3.8, 4) is 12.3 Å². The summed E-state index contributed by atoms with van der Waals surface area (Å²) < 4.78 is 0. The second-order valence-electron chi connectivity index (χ2n) is 4.01. The monoisotopic (exact) mass is 181 g/mol. The van der Waals surface area contributed by atoms with Crippen molar-refractivity contribution in [3.05, 3.63) is 0 Å². The van der Waals surface area contributed by atoms with Crippen LogP contribution in [0, 0.1) is 30.1 Å². The highest BCUT2D eigenvalue weighted by molar-refractivity contribution is 5.92. The third kappa shape index (κ3) is 4.57. The average Bonchev–Trinajstić information content (AvgIpc) is 2.03. The molecule has 1 N–H and O–H groups in total. The van der Waals surface area contributed by atoms with E-state index in [1.165, 1.54) is 0 Å². The SMILES string of the molecule is C#CC(=O)NCC(C(C)C)C(C)C. The first-order valence-corrected chi connectivity index (χ1v) is 4.73. The van der Waals surface area contributed by atoms with Crippen LogP contribution in [-0.2, 0) is 4.79 Å². The molecule has 0 heterocycles. The van der Waals surface area contributed by atoms with Gasteiger partial charge in [0.05, 0.1) is 0 Å². The molecule has 13 heavy (non-hydrogen) atoms. The fourth-order valence-corrected chi connectivity index (χ4v) is 1.50. The minimum Gasteiger partial charge on any atom is -0.345 e. The zero-order valence-electron chi connectivity index (χ0n) is 8.92. The van der Waals surface area contributed by atoms with Crippen molar-refractivity contribution in [1.29, 1.82) is 0 Å². The molecule has 74 valence electrons. The summed E-state index contributed by atoms with van der Waals surface area (Å²) in [5.74, 6) is 3.37. The van der Waals surface area contributed by atoms with E-state index in [4.69, 9.17) is 6.42 Å². The number of terminal acetylenes is 1. The van der Waals surface area contributed by atoms with Crippen molar-refractivity contribution in [3.63, 3.8) is 0 Å². The summed E-state index contributed by atoms with van der Waals surface area (Å²) in [6.07, 6.45) is 4.95. The molecule has 2 heteroatoms. The van der Waals surface area contributed by atoms with Crippen molar-refractivity contribution in [2.75, 3.05) is 6.54 Å². The first-order valence-electron chi connectivity index (χ1n) is 4.73. The van der Waals surface area contributed by atoms with Gasteiger partial charge >= 0.3 is 0 Å². The maximum atomic E-state index is 10.8. The number of rotatable bonds is 4. The number of hydrogen-bond acceptors (Lipinski definition) is 1. The summed E-state index contributed by atoms with van der Waals surface area (Å²) in [6.45, 7) is 9.32. The minimum absolute atomic E-state index is 0.314. The quantitative estimate of drug-likeness (QED) is 0.657. The molecule has 0 rings (SSSR count). The van der Waals surface area contributed by atoms with Gasteiger partial charge in [-0.15, -0.1) is 6.42 Å². The van der Waals surface area contributed by atoms with Crippen LogP contribution in [0.2, 0.25) is 0 Å². The highest BCUT2D eigenvalue weighted by Gasteiger charge is 2.17. The number of amides is 1. The van der Waals surface area contributed by atoms with E-state index >= 15 is 0 Å². The van der Waals surface area contributed by atoms with Gasteiger partial charge in [-0.25, -0.2) is 0 Å². The van der Waals surface area contributed by atoms with Gasteiger partial charge in [0.25, 0.3) is 5.91 Å². The molecule has 2 nitrogen and oxygen atoms in total. The average molecular weight is 181 g/mol. The van der Waals surface area contributed by atoms with Gasteiger partial charge in [-0.1, -0.05) is 27.7 Å². The van der Waals surface area contributed by atoms with Gasteiger partial charge in [-0.05, 0) is 23.7 Å². The van der Waals surface area contributed by atoms with Gasteiger partial charge in [0, 0.05) is 6.54 Å². The van der Waals surface area contributed by atoms with Crippen LogP contribution in [0.15, 0.2) is 0 Å².